The van der Waals surface area contributed by atoms with Crippen LogP contribution in [0, 0.1) is 0 Å². The molecule has 0 aromatic heterocycles. The van der Waals surface area contributed by atoms with Crippen molar-refractivity contribution in [3.63, 3.8) is 0 Å². The number of fused-ring (bicyclic) bond motifs is 1. The maximum absolute atomic E-state index is 13.0. The first-order chi connectivity index (χ1) is 17.4. The van der Waals surface area contributed by atoms with Crippen LogP contribution in [0.1, 0.15) is 10.4 Å². The van der Waals surface area contributed by atoms with Crippen molar-refractivity contribution in [3.8, 4) is 5.75 Å². The Hall–Kier alpha value is -4.04. The second-order valence-electron chi connectivity index (χ2n) is 8.67. The summed E-state index contributed by atoms with van der Waals surface area (Å²) in [5, 5.41) is 1.83. The van der Waals surface area contributed by atoms with Crippen LogP contribution in [0.4, 0.5) is 11.4 Å². The average Bonchev–Trinajstić information content (AvgIpc) is 2.92. The lowest BCUT2D eigenvalue weighted by molar-refractivity contribution is 0.0747. The van der Waals surface area contributed by atoms with Gasteiger partial charge in [-0.15, -0.1) is 0 Å². The van der Waals surface area contributed by atoms with Crippen LogP contribution in [-0.2, 0) is 10.0 Å². The lowest BCUT2D eigenvalue weighted by Gasteiger charge is -2.36. The molecule has 1 aliphatic heterocycles. The van der Waals surface area contributed by atoms with Gasteiger partial charge in [0.05, 0.1) is 12.0 Å². The van der Waals surface area contributed by atoms with E-state index in [9.17, 15) is 13.2 Å². The minimum Gasteiger partial charge on any atom is -0.497 e. The fourth-order valence-electron chi connectivity index (χ4n) is 4.39. The third kappa shape index (κ3) is 4.99. The maximum atomic E-state index is 13.0. The van der Waals surface area contributed by atoms with Crippen molar-refractivity contribution in [3.05, 3.63) is 96.6 Å². The number of ether oxygens (including phenoxy) is 1. The van der Waals surface area contributed by atoms with Gasteiger partial charge in [-0.2, -0.15) is 0 Å². The second-order valence-corrected chi connectivity index (χ2v) is 10.4. The smallest absolute Gasteiger partial charge is 0.261 e. The summed E-state index contributed by atoms with van der Waals surface area (Å²) in [5.41, 5.74) is 2.01. The van der Waals surface area contributed by atoms with Crippen LogP contribution < -0.4 is 14.4 Å². The molecular weight excluding hydrogens is 474 g/mol. The Morgan fingerprint density at radius 1 is 0.806 bits per heavy atom. The number of methoxy groups -OCH3 is 1. The third-order valence-corrected chi connectivity index (χ3v) is 7.78. The molecule has 7 nitrogen and oxygen atoms in total. The lowest BCUT2D eigenvalue weighted by atomic mass is 10.1. The van der Waals surface area contributed by atoms with Crippen LogP contribution >= 0.6 is 0 Å². The van der Waals surface area contributed by atoms with Gasteiger partial charge < -0.3 is 14.5 Å². The predicted molar refractivity (Wildman–Crippen MR) is 142 cm³/mol. The minimum absolute atomic E-state index is 0.0655. The molecule has 0 aliphatic carbocycles. The van der Waals surface area contributed by atoms with Gasteiger partial charge in [0.25, 0.3) is 15.9 Å². The Morgan fingerprint density at radius 2 is 1.53 bits per heavy atom. The first kappa shape index (κ1) is 23.7. The van der Waals surface area contributed by atoms with E-state index >= 15 is 0 Å². The molecule has 0 spiro atoms. The van der Waals surface area contributed by atoms with Crippen LogP contribution in [0.3, 0.4) is 0 Å². The van der Waals surface area contributed by atoms with Crippen molar-refractivity contribution in [1.29, 1.82) is 0 Å². The first-order valence-electron chi connectivity index (χ1n) is 11.7. The van der Waals surface area contributed by atoms with E-state index in [1.54, 1.807) is 49.6 Å². The van der Waals surface area contributed by atoms with Gasteiger partial charge in [0.2, 0.25) is 0 Å². The summed E-state index contributed by atoms with van der Waals surface area (Å²) in [6.07, 6.45) is 0. The van der Waals surface area contributed by atoms with Crippen LogP contribution in [0.5, 0.6) is 5.75 Å². The molecule has 8 heteroatoms. The topological polar surface area (TPSA) is 79.0 Å². The highest BCUT2D eigenvalue weighted by Gasteiger charge is 2.23. The van der Waals surface area contributed by atoms with Crippen molar-refractivity contribution in [2.45, 2.75) is 4.90 Å². The van der Waals surface area contributed by atoms with E-state index in [1.165, 1.54) is 0 Å². The molecule has 36 heavy (non-hydrogen) atoms. The van der Waals surface area contributed by atoms with E-state index < -0.39 is 10.0 Å². The fraction of sp³-hybridized carbons (Fsp3) is 0.179. The van der Waals surface area contributed by atoms with Crippen molar-refractivity contribution >= 4 is 38.1 Å². The Kier molecular flexibility index (Phi) is 6.52. The van der Waals surface area contributed by atoms with E-state index in [0.29, 0.717) is 24.3 Å². The number of benzene rings is 4. The molecule has 1 N–H and O–H groups in total. The molecule has 0 radical (unpaired) electrons. The highest BCUT2D eigenvalue weighted by atomic mass is 32.2. The van der Waals surface area contributed by atoms with Gasteiger partial charge in [-0.05, 0) is 59.3 Å². The van der Waals surface area contributed by atoms with E-state index in [4.69, 9.17) is 4.74 Å². The zero-order chi connectivity index (χ0) is 25.1. The highest BCUT2D eigenvalue weighted by molar-refractivity contribution is 7.92. The number of sulfonamides is 1. The number of rotatable bonds is 6. The summed E-state index contributed by atoms with van der Waals surface area (Å²) in [6.45, 7) is 2.66. The Bertz CT molecular complexity index is 1500. The van der Waals surface area contributed by atoms with Gasteiger partial charge in [-0.1, -0.05) is 36.4 Å². The van der Waals surface area contributed by atoms with Crippen molar-refractivity contribution in [2.75, 3.05) is 42.9 Å². The van der Waals surface area contributed by atoms with E-state index in [-0.39, 0.29) is 10.8 Å². The molecule has 4 aromatic carbocycles. The number of piperazine rings is 1. The van der Waals surface area contributed by atoms with Crippen molar-refractivity contribution in [2.24, 2.45) is 0 Å². The SMILES string of the molecule is COc1cccc(N2CCN(C(=O)c3ccc(NS(=O)(=O)c4ccc5ccccc5c4)cc3)CC2)c1. The molecule has 1 aliphatic rings. The highest BCUT2D eigenvalue weighted by Crippen LogP contribution is 2.24. The summed E-state index contributed by atoms with van der Waals surface area (Å²) in [4.78, 5) is 17.3. The van der Waals surface area contributed by atoms with Crippen LogP contribution in [0.15, 0.2) is 95.9 Å². The van der Waals surface area contributed by atoms with Gasteiger partial charge in [-0.3, -0.25) is 9.52 Å². The predicted octanol–water partition coefficient (Wildman–Crippen LogP) is 4.61. The van der Waals surface area contributed by atoms with E-state index in [0.717, 1.165) is 35.3 Å². The molecule has 0 bridgehead atoms. The number of carbonyl (C=O) groups excluding carboxylic acids is 1. The average molecular weight is 502 g/mol. The number of anilines is 2. The van der Waals surface area contributed by atoms with Crippen LogP contribution in [0.25, 0.3) is 10.8 Å². The molecule has 4 aromatic rings. The standard InChI is InChI=1S/C28H27N3O4S/c1-35-26-8-4-7-25(20-26)30-15-17-31(18-16-30)28(32)22-9-12-24(13-10-22)29-36(33,34)27-14-11-21-5-2-3-6-23(21)19-27/h2-14,19-20,29H,15-18H2,1H3. The molecule has 1 amide bonds. The summed E-state index contributed by atoms with van der Waals surface area (Å²) in [5.74, 6) is 0.742. The number of nitrogens with zero attached hydrogens (tertiary/aromatic N) is 2. The number of hydrogen-bond donors (Lipinski definition) is 1. The number of amides is 1. The minimum atomic E-state index is -3.76. The Balaban J connectivity index is 1.22. The van der Waals surface area contributed by atoms with Gasteiger partial charge in [0, 0.05) is 49.2 Å². The van der Waals surface area contributed by atoms with Gasteiger partial charge >= 0.3 is 0 Å². The summed E-state index contributed by atoms with van der Waals surface area (Å²) in [7, 11) is -2.11. The molecule has 0 atom stereocenters. The fourth-order valence-corrected chi connectivity index (χ4v) is 5.48. The third-order valence-electron chi connectivity index (χ3n) is 6.40. The summed E-state index contributed by atoms with van der Waals surface area (Å²) in [6, 6.07) is 27.1. The number of nitrogens with one attached hydrogen (secondary N) is 1. The van der Waals surface area contributed by atoms with Gasteiger partial charge in [0.15, 0.2) is 0 Å². The van der Waals surface area contributed by atoms with Crippen LogP contribution in [-0.4, -0.2) is 52.5 Å². The van der Waals surface area contributed by atoms with Crippen molar-refractivity contribution in [1.82, 2.24) is 4.90 Å². The number of carbonyl (C=O) groups is 1. The molecule has 1 heterocycles. The molecule has 0 saturated carbocycles. The van der Waals surface area contributed by atoms with Gasteiger partial charge in [0.1, 0.15) is 5.75 Å². The Morgan fingerprint density at radius 3 is 2.25 bits per heavy atom. The Labute approximate surface area is 211 Å². The normalized spacial score (nSPS) is 14.0. The second kappa shape index (κ2) is 9.91. The zero-order valence-electron chi connectivity index (χ0n) is 19.9. The molecule has 184 valence electrons. The molecule has 1 fully saturated rings. The zero-order valence-corrected chi connectivity index (χ0v) is 20.7. The van der Waals surface area contributed by atoms with E-state index in [1.807, 2.05) is 53.4 Å². The molecular formula is C28H27N3O4S. The summed E-state index contributed by atoms with van der Waals surface area (Å²) < 4.78 is 33.7. The first-order valence-corrected chi connectivity index (χ1v) is 13.2. The quantitative estimate of drug-likeness (QED) is 0.417. The van der Waals surface area contributed by atoms with Crippen LogP contribution in [0.2, 0.25) is 0 Å². The largest absolute Gasteiger partial charge is 0.497 e. The monoisotopic (exact) mass is 501 g/mol. The number of hydrogen-bond acceptors (Lipinski definition) is 5. The molecule has 0 unspecified atom stereocenters. The van der Waals surface area contributed by atoms with E-state index in [2.05, 4.69) is 9.62 Å². The molecule has 5 rings (SSSR count). The molecule has 1 saturated heterocycles. The summed E-state index contributed by atoms with van der Waals surface area (Å²) >= 11 is 0. The van der Waals surface area contributed by atoms with Gasteiger partial charge in [-0.25, -0.2) is 8.42 Å². The maximum Gasteiger partial charge on any atom is 0.261 e. The lowest BCUT2D eigenvalue weighted by Crippen LogP contribution is -2.48. The van der Waals surface area contributed by atoms with Crippen molar-refractivity contribution < 1.29 is 17.9 Å².